The summed E-state index contributed by atoms with van der Waals surface area (Å²) >= 11 is 0. The molecule has 2 nitrogen and oxygen atoms in total. The Morgan fingerprint density at radius 3 is 2.08 bits per heavy atom. The summed E-state index contributed by atoms with van der Waals surface area (Å²) in [6.45, 7) is 11.3. The van der Waals surface area contributed by atoms with Crippen LogP contribution < -0.4 is 5.73 Å². The third-order valence-corrected chi connectivity index (χ3v) is 2.74. The lowest BCUT2D eigenvalue weighted by Gasteiger charge is -2.30. The monoisotopic (exact) mass is 184 g/mol. The smallest absolute Gasteiger partial charge is 0.0284 e. The maximum Gasteiger partial charge on any atom is 0.0284 e. The van der Waals surface area contributed by atoms with Crippen LogP contribution in [0.1, 0.15) is 40.5 Å². The van der Waals surface area contributed by atoms with E-state index in [2.05, 4.69) is 32.6 Å². The predicted octanol–water partition coefficient (Wildman–Crippen LogP) is 1.84. The molecule has 0 unspecified atom stereocenters. The van der Waals surface area contributed by atoms with Crippen LogP contribution in [-0.2, 0) is 0 Å². The van der Waals surface area contributed by atoms with Gasteiger partial charge in [-0.1, -0.05) is 13.8 Å². The molecular formula is C11H24N2. The van der Waals surface area contributed by atoms with Gasteiger partial charge in [-0.2, -0.15) is 0 Å². The summed E-state index contributed by atoms with van der Waals surface area (Å²) in [7, 11) is 0. The van der Waals surface area contributed by atoms with E-state index in [9.17, 15) is 0 Å². The Hall–Kier alpha value is -0.0800. The van der Waals surface area contributed by atoms with Gasteiger partial charge in [-0.05, 0) is 32.6 Å². The van der Waals surface area contributed by atoms with Crippen molar-refractivity contribution in [2.24, 2.45) is 11.7 Å². The lowest BCUT2D eigenvalue weighted by molar-refractivity contribution is 0.181. The van der Waals surface area contributed by atoms with Crippen LogP contribution in [0.25, 0.3) is 0 Å². The highest BCUT2D eigenvalue weighted by Gasteiger charge is 2.40. The molecule has 0 amide bonds. The van der Waals surface area contributed by atoms with Crippen molar-refractivity contribution in [1.82, 2.24) is 4.90 Å². The molecule has 1 aliphatic rings. The highest BCUT2D eigenvalue weighted by Crippen LogP contribution is 2.33. The molecule has 0 spiro atoms. The van der Waals surface area contributed by atoms with Crippen molar-refractivity contribution in [2.75, 3.05) is 13.1 Å². The van der Waals surface area contributed by atoms with Crippen molar-refractivity contribution < 1.29 is 0 Å². The first-order valence-electron chi connectivity index (χ1n) is 5.46. The van der Waals surface area contributed by atoms with Gasteiger partial charge in [0.25, 0.3) is 0 Å². The molecule has 1 fully saturated rings. The van der Waals surface area contributed by atoms with Gasteiger partial charge in [0.15, 0.2) is 0 Å². The molecule has 0 aromatic carbocycles. The van der Waals surface area contributed by atoms with Gasteiger partial charge in [-0.3, -0.25) is 4.90 Å². The van der Waals surface area contributed by atoms with Crippen molar-refractivity contribution >= 4 is 0 Å². The fraction of sp³-hybridized carbons (Fsp3) is 1.00. The number of nitrogens with two attached hydrogens (primary N) is 1. The fourth-order valence-electron chi connectivity index (χ4n) is 1.65. The lowest BCUT2D eigenvalue weighted by atomic mass is 10.1. The maximum atomic E-state index is 6.12. The Morgan fingerprint density at radius 2 is 1.77 bits per heavy atom. The average Bonchev–Trinajstić information content (AvgIpc) is 2.65. The topological polar surface area (TPSA) is 29.3 Å². The van der Waals surface area contributed by atoms with Gasteiger partial charge in [0.05, 0.1) is 0 Å². The largest absolute Gasteiger partial charge is 0.324 e. The summed E-state index contributed by atoms with van der Waals surface area (Å²) in [5.74, 6) is 0.741. The van der Waals surface area contributed by atoms with Crippen LogP contribution in [-0.4, -0.2) is 29.6 Å². The SMILES string of the molecule is CC(C)CN(CC1(N)CC1)C(C)C. The van der Waals surface area contributed by atoms with Crippen molar-refractivity contribution in [2.45, 2.75) is 52.1 Å². The Balaban J connectivity index is 2.38. The molecule has 0 bridgehead atoms. The summed E-state index contributed by atoms with van der Waals surface area (Å²) < 4.78 is 0. The van der Waals surface area contributed by atoms with E-state index in [-0.39, 0.29) is 5.54 Å². The first-order valence-corrected chi connectivity index (χ1v) is 5.46. The van der Waals surface area contributed by atoms with Gasteiger partial charge in [-0.25, -0.2) is 0 Å². The molecule has 0 aliphatic heterocycles. The second-order valence-corrected chi connectivity index (χ2v) is 5.28. The van der Waals surface area contributed by atoms with Crippen LogP contribution in [0.15, 0.2) is 0 Å². The Morgan fingerprint density at radius 1 is 1.23 bits per heavy atom. The van der Waals surface area contributed by atoms with Gasteiger partial charge < -0.3 is 5.73 Å². The minimum absolute atomic E-state index is 0.166. The van der Waals surface area contributed by atoms with Crippen LogP contribution in [0, 0.1) is 5.92 Å². The number of hydrogen-bond donors (Lipinski definition) is 1. The van der Waals surface area contributed by atoms with Gasteiger partial charge in [0.1, 0.15) is 0 Å². The molecule has 1 rings (SSSR count). The van der Waals surface area contributed by atoms with E-state index < -0.39 is 0 Å². The minimum Gasteiger partial charge on any atom is -0.324 e. The van der Waals surface area contributed by atoms with Crippen LogP contribution in [0.2, 0.25) is 0 Å². The third-order valence-electron chi connectivity index (χ3n) is 2.74. The normalized spacial score (nSPS) is 20.3. The van der Waals surface area contributed by atoms with Crippen molar-refractivity contribution in [3.63, 3.8) is 0 Å². The van der Waals surface area contributed by atoms with Gasteiger partial charge in [0.2, 0.25) is 0 Å². The molecule has 0 atom stereocenters. The Labute approximate surface area is 82.5 Å². The number of hydrogen-bond acceptors (Lipinski definition) is 2. The van der Waals surface area contributed by atoms with Crippen molar-refractivity contribution in [3.05, 3.63) is 0 Å². The average molecular weight is 184 g/mol. The summed E-state index contributed by atoms with van der Waals surface area (Å²) in [6.07, 6.45) is 2.43. The van der Waals surface area contributed by atoms with Gasteiger partial charge in [-0.15, -0.1) is 0 Å². The molecule has 78 valence electrons. The first kappa shape index (κ1) is 11.0. The zero-order chi connectivity index (χ0) is 10.1. The van der Waals surface area contributed by atoms with E-state index in [1.807, 2.05) is 0 Å². The quantitative estimate of drug-likeness (QED) is 0.706. The van der Waals surface area contributed by atoms with E-state index >= 15 is 0 Å². The van der Waals surface area contributed by atoms with E-state index in [1.54, 1.807) is 0 Å². The van der Waals surface area contributed by atoms with E-state index in [1.165, 1.54) is 19.4 Å². The first-order chi connectivity index (χ1) is 5.93. The van der Waals surface area contributed by atoms with Gasteiger partial charge in [0, 0.05) is 24.7 Å². The summed E-state index contributed by atoms with van der Waals surface area (Å²) in [5.41, 5.74) is 6.29. The van der Waals surface area contributed by atoms with E-state index in [0.29, 0.717) is 6.04 Å². The molecule has 0 aromatic heterocycles. The third kappa shape index (κ3) is 3.65. The van der Waals surface area contributed by atoms with Crippen LogP contribution >= 0.6 is 0 Å². The fourth-order valence-corrected chi connectivity index (χ4v) is 1.65. The standard InChI is InChI=1S/C11H24N2/c1-9(2)7-13(10(3)4)8-11(12)5-6-11/h9-10H,5-8,12H2,1-4H3. The maximum absolute atomic E-state index is 6.12. The molecule has 0 heterocycles. The second-order valence-electron chi connectivity index (χ2n) is 5.28. The molecule has 1 saturated carbocycles. The number of rotatable bonds is 5. The van der Waals surface area contributed by atoms with E-state index in [0.717, 1.165) is 12.5 Å². The van der Waals surface area contributed by atoms with E-state index in [4.69, 9.17) is 5.73 Å². The van der Waals surface area contributed by atoms with Gasteiger partial charge >= 0.3 is 0 Å². The summed E-state index contributed by atoms with van der Waals surface area (Å²) in [4.78, 5) is 2.51. The van der Waals surface area contributed by atoms with Crippen molar-refractivity contribution in [1.29, 1.82) is 0 Å². The van der Waals surface area contributed by atoms with Crippen LogP contribution in [0.3, 0.4) is 0 Å². The zero-order valence-electron chi connectivity index (χ0n) is 9.51. The highest BCUT2D eigenvalue weighted by atomic mass is 15.2. The molecule has 2 N–H and O–H groups in total. The molecule has 13 heavy (non-hydrogen) atoms. The summed E-state index contributed by atoms with van der Waals surface area (Å²) in [6, 6.07) is 0.628. The van der Waals surface area contributed by atoms with Crippen molar-refractivity contribution in [3.8, 4) is 0 Å². The van der Waals surface area contributed by atoms with Crippen LogP contribution in [0.4, 0.5) is 0 Å². The Bertz CT molecular complexity index is 159. The minimum atomic E-state index is 0.166. The molecule has 0 saturated heterocycles. The van der Waals surface area contributed by atoms with Crippen LogP contribution in [0.5, 0.6) is 0 Å². The molecule has 0 radical (unpaired) electrons. The zero-order valence-corrected chi connectivity index (χ0v) is 9.51. The Kier molecular flexibility index (Phi) is 3.36. The molecule has 1 aliphatic carbocycles. The second kappa shape index (κ2) is 3.97. The predicted molar refractivity (Wildman–Crippen MR) is 57.7 cm³/mol. The number of nitrogens with zero attached hydrogens (tertiary/aromatic N) is 1. The highest BCUT2D eigenvalue weighted by molar-refractivity contribution is 5.01. The lowest BCUT2D eigenvalue weighted by Crippen LogP contribution is -2.44. The molecule has 2 heteroatoms. The molecular weight excluding hydrogens is 160 g/mol. The molecule has 0 aromatic rings. The summed E-state index contributed by atoms with van der Waals surface area (Å²) in [5, 5.41) is 0.